The van der Waals surface area contributed by atoms with Gasteiger partial charge in [0.2, 0.25) is 0 Å². The number of quaternary nitrogens is 1. The summed E-state index contributed by atoms with van der Waals surface area (Å²) in [4.78, 5) is 14.0. The minimum atomic E-state index is 0.0334. The van der Waals surface area contributed by atoms with Gasteiger partial charge in [0.1, 0.15) is 0 Å². The van der Waals surface area contributed by atoms with E-state index in [2.05, 4.69) is 5.32 Å². The number of carbonyl (C=O) groups excluding carboxylic acids is 1. The van der Waals surface area contributed by atoms with Gasteiger partial charge in [0.15, 0.2) is 6.54 Å². The van der Waals surface area contributed by atoms with Crippen molar-refractivity contribution in [2.24, 2.45) is 5.92 Å². The van der Waals surface area contributed by atoms with Crippen LogP contribution in [0, 0.1) is 5.92 Å². The fourth-order valence-corrected chi connectivity index (χ4v) is 4.55. The summed E-state index contributed by atoms with van der Waals surface area (Å²) in [5.41, 5.74) is 1.10. The van der Waals surface area contributed by atoms with Gasteiger partial charge in [0, 0.05) is 10.9 Å². The fraction of sp³-hybridized carbons (Fsp3) is 0.632. The summed E-state index contributed by atoms with van der Waals surface area (Å²) in [7, 11) is 0. The van der Waals surface area contributed by atoms with Crippen molar-refractivity contribution in [2.75, 3.05) is 13.1 Å². The first-order chi connectivity index (χ1) is 11.1. The third-order valence-corrected chi connectivity index (χ3v) is 5.89. The first kappa shape index (κ1) is 16.8. The molecule has 3 rings (SSSR count). The summed E-state index contributed by atoms with van der Waals surface area (Å²) in [6.07, 6.45) is 8.05. The summed E-state index contributed by atoms with van der Waals surface area (Å²) in [5, 5.41) is 3.89. The molecule has 1 saturated heterocycles. The normalized spacial score (nSPS) is 28.7. The maximum Gasteiger partial charge on any atom is 0.275 e. The van der Waals surface area contributed by atoms with Crippen LogP contribution in [0.5, 0.6) is 0 Å². The third-order valence-electron chi connectivity index (χ3n) is 5.64. The Morgan fingerprint density at radius 1 is 1.22 bits per heavy atom. The van der Waals surface area contributed by atoms with Crippen LogP contribution in [-0.2, 0) is 4.79 Å². The topological polar surface area (TPSA) is 33.5 Å². The Morgan fingerprint density at radius 3 is 2.70 bits per heavy atom. The molecule has 126 valence electrons. The van der Waals surface area contributed by atoms with E-state index < -0.39 is 0 Å². The molecular formula is C19H28ClN2O+. The lowest BCUT2D eigenvalue weighted by molar-refractivity contribution is -0.928. The van der Waals surface area contributed by atoms with Crippen molar-refractivity contribution in [3.8, 4) is 0 Å². The van der Waals surface area contributed by atoms with Crippen molar-refractivity contribution in [3.05, 3.63) is 34.9 Å². The van der Waals surface area contributed by atoms with Gasteiger partial charge < -0.3 is 10.2 Å². The highest BCUT2D eigenvalue weighted by molar-refractivity contribution is 6.30. The zero-order chi connectivity index (χ0) is 16.2. The highest BCUT2D eigenvalue weighted by Gasteiger charge is 2.37. The van der Waals surface area contributed by atoms with Crippen LogP contribution < -0.4 is 10.2 Å². The number of nitrogens with one attached hydrogen (secondary N) is 2. The van der Waals surface area contributed by atoms with Gasteiger partial charge in [-0.15, -0.1) is 0 Å². The summed E-state index contributed by atoms with van der Waals surface area (Å²) in [5.74, 6) is 1.03. The number of amides is 1. The molecule has 1 saturated carbocycles. The predicted octanol–water partition coefficient (Wildman–Crippen LogP) is 2.75. The maximum atomic E-state index is 12.5. The quantitative estimate of drug-likeness (QED) is 0.871. The zero-order valence-corrected chi connectivity index (χ0v) is 14.7. The van der Waals surface area contributed by atoms with Gasteiger partial charge in [-0.25, -0.2) is 0 Å². The molecule has 0 bridgehead atoms. The molecule has 1 heterocycles. The Hall–Kier alpha value is -1.06. The number of carbonyl (C=O) groups is 1. The van der Waals surface area contributed by atoms with E-state index in [1.165, 1.54) is 43.4 Å². The zero-order valence-electron chi connectivity index (χ0n) is 14.0. The van der Waals surface area contributed by atoms with Crippen LogP contribution in [0.3, 0.4) is 0 Å². The van der Waals surface area contributed by atoms with E-state index in [4.69, 9.17) is 11.6 Å². The molecule has 1 aromatic rings. The molecule has 0 radical (unpaired) electrons. The van der Waals surface area contributed by atoms with E-state index in [-0.39, 0.29) is 11.9 Å². The van der Waals surface area contributed by atoms with Gasteiger partial charge in [-0.2, -0.15) is 0 Å². The van der Waals surface area contributed by atoms with Crippen LogP contribution >= 0.6 is 11.6 Å². The van der Waals surface area contributed by atoms with Gasteiger partial charge in [0.25, 0.3) is 5.91 Å². The van der Waals surface area contributed by atoms with Gasteiger partial charge in [0.05, 0.1) is 18.6 Å². The van der Waals surface area contributed by atoms with Gasteiger partial charge >= 0.3 is 0 Å². The largest absolute Gasteiger partial charge is 0.345 e. The molecule has 0 spiro atoms. The van der Waals surface area contributed by atoms with Crippen molar-refractivity contribution in [1.82, 2.24) is 5.32 Å². The number of halogens is 1. The van der Waals surface area contributed by atoms with Gasteiger partial charge in [-0.1, -0.05) is 30.2 Å². The number of rotatable bonds is 4. The molecule has 2 fully saturated rings. The summed E-state index contributed by atoms with van der Waals surface area (Å²) >= 11 is 5.93. The number of hydrogen-bond acceptors (Lipinski definition) is 1. The molecule has 4 atom stereocenters. The standard InChI is InChI=1S/C19H27ClN2O/c1-14(15-8-10-17(20)11-9-15)21-19(23)13-22-12-4-6-16-5-2-3-7-18(16)22/h8-11,14,16,18H,2-7,12-13H2,1H3,(H,21,23)/p+1/t14-,16-,18+/m1/s1. The Balaban J connectivity index is 1.55. The molecule has 1 aliphatic carbocycles. The minimum Gasteiger partial charge on any atom is -0.345 e. The second kappa shape index (κ2) is 7.67. The van der Waals surface area contributed by atoms with E-state index in [1.807, 2.05) is 31.2 Å². The Bertz CT molecular complexity index is 529. The molecule has 1 aliphatic heterocycles. The smallest absolute Gasteiger partial charge is 0.275 e. The molecule has 1 amide bonds. The van der Waals surface area contributed by atoms with E-state index in [0.29, 0.717) is 12.6 Å². The van der Waals surface area contributed by atoms with E-state index in [9.17, 15) is 4.79 Å². The van der Waals surface area contributed by atoms with Crippen LogP contribution in [-0.4, -0.2) is 25.0 Å². The van der Waals surface area contributed by atoms with Gasteiger partial charge in [-0.05, 0) is 56.7 Å². The predicted molar refractivity (Wildman–Crippen MR) is 93.7 cm³/mol. The van der Waals surface area contributed by atoms with Crippen LogP contribution in [0.25, 0.3) is 0 Å². The summed E-state index contributed by atoms with van der Waals surface area (Å²) in [6.45, 7) is 3.82. The monoisotopic (exact) mass is 335 g/mol. The van der Waals surface area contributed by atoms with E-state index in [0.717, 1.165) is 23.0 Å². The Labute approximate surface area is 144 Å². The molecule has 1 unspecified atom stereocenters. The number of fused-ring (bicyclic) bond motifs is 1. The lowest BCUT2D eigenvalue weighted by Crippen LogP contribution is -3.18. The minimum absolute atomic E-state index is 0.0334. The van der Waals surface area contributed by atoms with Crippen LogP contribution in [0.4, 0.5) is 0 Å². The molecule has 1 aromatic carbocycles. The molecule has 23 heavy (non-hydrogen) atoms. The third kappa shape index (κ3) is 4.27. The molecule has 2 N–H and O–H groups in total. The number of benzene rings is 1. The lowest BCUT2D eigenvalue weighted by Gasteiger charge is -2.40. The molecule has 3 nitrogen and oxygen atoms in total. The average Bonchev–Trinajstić information content (AvgIpc) is 2.55. The first-order valence-electron chi connectivity index (χ1n) is 9.03. The van der Waals surface area contributed by atoms with Crippen LogP contribution in [0.15, 0.2) is 24.3 Å². The van der Waals surface area contributed by atoms with Crippen LogP contribution in [0.1, 0.15) is 57.1 Å². The van der Waals surface area contributed by atoms with Crippen LogP contribution in [0.2, 0.25) is 5.02 Å². The summed E-state index contributed by atoms with van der Waals surface area (Å²) < 4.78 is 0. The molecular weight excluding hydrogens is 308 g/mol. The van der Waals surface area contributed by atoms with E-state index in [1.54, 1.807) is 0 Å². The average molecular weight is 336 g/mol. The molecule has 0 aromatic heterocycles. The molecule has 2 aliphatic rings. The number of likely N-dealkylation sites (tertiary alicyclic amines) is 1. The van der Waals surface area contributed by atoms with Crippen molar-refractivity contribution < 1.29 is 9.69 Å². The Kier molecular flexibility index (Phi) is 5.60. The van der Waals surface area contributed by atoms with Gasteiger partial charge in [-0.3, -0.25) is 4.79 Å². The lowest BCUT2D eigenvalue weighted by atomic mass is 9.78. The van der Waals surface area contributed by atoms with Crippen molar-refractivity contribution in [3.63, 3.8) is 0 Å². The van der Waals surface area contributed by atoms with Crippen molar-refractivity contribution >= 4 is 17.5 Å². The fourth-order valence-electron chi connectivity index (χ4n) is 4.42. The second-order valence-corrected chi connectivity index (χ2v) is 7.66. The van der Waals surface area contributed by atoms with Crippen molar-refractivity contribution in [2.45, 2.75) is 57.5 Å². The number of piperidine rings is 1. The SMILES string of the molecule is C[C@@H](NC(=O)C[NH+]1CCC[C@H]2CCCC[C@@H]21)c1ccc(Cl)cc1. The molecule has 4 heteroatoms. The Morgan fingerprint density at radius 2 is 1.91 bits per heavy atom. The van der Waals surface area contributed by atoms with Crippen molar-refractivity contribution in [1.29, 1.82) is 0 Å². The number of hydrogen-bond donors (Lipinski definition) is 2. The highest BCUT2D eigenvalue weighted by Crippen LogP contribution is 2.28. The summed E-state index contributed by atoms with van der Waals surface area (Å²) in [6, 6.07) is 8.47. The second-order valence-electron chi connectivity index (χ2n) is 7.22. The highest BCUT2D eigenvalue weighted by atomic mass is 35.5. The first-order valence-corrected chi connectivity index (χ1v) is 9.40. The van der Waals surface area contributed by atoms with E-state index >= 15 is 0 Å². The maximum absolute atomic E-state index is 12.5.